The fourth-order valence-electron chi connectivity index (χ4n) is 0.743. The van der Waals surface area contributed by atoms with Crippen molar-refractivity contribution in [3.8, 4) is 0 Å². The normalized spacial score (nSPS) is 10.9. The molecule has 15 heavy (non-hydrogen) atoms. The Bertz CT molecular complexity index is 275. The number of hydrogen-bond donors (Lipinski definition) is 2. The Morgan fingerprint density at radius 2 is 1.87 bits per heavy atom. The molecule has 0 bridgehead atoms. The molecule has 2 N–H and O–H groups in total. The molecule has 0 aliphatic carbocycles. The highest BCUT2D eigenvalue weighted by molar-refractivity contribution is 8.13. The van der Waals surface area contributed by atoms with E-state index in [1.165, 1.54) is 6.92 Å². The summed E-state index contributed by atoms with van der Waals surface area (Å²) in [5.74, 6) is -1.11. The lowest BCUT2D eigenvalue weighted by molar-refractivity contribution is -0.139. The summed E-state index contributed by atoms with van der Waals surface area (Å²) in [4.78, 5) is 32.4. The molecule has 0 unspecified atom stereocenters. The molecule has 0 aromatic carbocycles. The molecule has 0 heterocycles. The predicted octanol–water partition coefficient (Wildman–Crippen LogP) is 0.493. The van der Waals surface area contributed by atoms with Crippen molar-refractivity contribution in [2.75, 3.05) is 12.3 Å². The summed E-state index contributed by atoms with van der Waals surface area (Å²) in [5, 5.41) is 10.6. The van der Waals surface area contributed by atoms with Crippen molar-refractivity contribution in [3.63, 3.8) is 0 Å². The zero-order chi connectivity index (χ0) is 12.1. The van der Waals surface area contributed by atoms with E-state index in [1.54, 1.807) is 13.8 Å². The molecular formula is C9H15NO4S. The second-order valence-corrected chi connectivity index (χ2v) is 4.89. The number of amides is 1. The summed E-state index contributed by atoms with van der Waals surface area (Å²) in [6.07, 6.45) is 0. The van der Waals surface area contributed by atoms with Gasteiger partial charge in [-0.2, -0.15) is 0 Å². The Hall–Kier alpha value is -1.04. The molecule has 0 aliphatic rings. The smallest absolute Gasteiger partial charge is 0.322 e. The lowest BCUT2D eigenvalue weighted by Crippen LogP contribution is -2.41. The Morgan fingerprint density at radius 3 is 2.27 bits per heavy atom. The Morgan fingerprint density at radius 1 is 1.33 bits per heavy atom. The van der Waals surface area contributed by atoms with Gasteiger partial charge in [0.2, 0.25) is 5.91 Å². The number of carboxylic acid groups (broad SMARTS) is 1. The van der Waals surface area contributed by atoms with Gasteiger partial charge in [-0.1, -0.05) is 25.6 Å². The molecule has 86 valence electrons. The van der Waals surface area contributed by atoms with Crippen molar-refractivity contribution < 1.29 is 19.5 Å². The van der Waals surface area contributed by atoms with Crippen LogP contribution in [-0.4, -0.2) is 34.4 Å². The topological polar surface area (TPSA) is 83.5 Å². The molecule has 0 aromatic rings. The first-order valence-electron chi connectivity index (χ1n) is 4.39. The van der Waals surface area contributed by atoms with E-state index in [-0.39, 0.29) is 11.0 Å². The van der Waals surface area contributed by atoms with E-state index >= 15 is 0 Å². The van der Waals surface area contributed by atoms with Crippen molar-refractivity contribution >= 4 is 28.8 Å². The first kappa shape index (κ1) is 14.0. The van der Waals surface area contributed by atoms with Crippen LogP contribution in [0.25, 0.3) is 0 Å². The van der Waals surface area contributed by atoms with Crippen LogP contribution in [0.15, 0.2) is 0 Å². The summed E-state index contributed by atoms with van der Waals surface area (Å²) in [6.45, 7) is 4.36. The molecule has 0 saturated carbocycles. The number of carbonyl (C=O) groups is 3. The minimum atomic E-state index is -1.08. The van der Waals surface area contributed by atoms with Crippen LogP contribution in [-0.2, 0) is 14.4 Å². The van der Waals surface area contributed by atoms with Crippen molar-refractivity contribution in [3.05, 3.63) is 0 Å². The number of carboxylic acids is 1. The van der Waals surface area contributed by atoms with Gasteiger partial charge >= 0.3 is 5.97 Å². The summed E-state index contributed by atoms with van der Waals surface area (Å²) < 4.78 is 0. The third-order valence-corrected chi connectivity index (χ3v) is 2.92. The number of aliphatic carboxylic acids is 1. The fourth-order valence-corrected chi connectivity index (χ4v) is 1.44. The highest BCUT2D eigenvalue weighted by Crippen LogP contribution is 2.22. The molecule has 6 heteroatoms. The van der Waals surface area contributed by atoms with Crippen LogP contribution < -0.4 is 5.32 Å². The van der Waals surface area contributed by atoms with Gasteiger partial charge < -0.3 is 10.4 Å². The molecule has 0 radical (unpaired) electrons. The zero-order valence-corrected chi connectivity index (χ0v) is 9.81. The highest BCUT2D eigenvalue weighted by atomic mass is 32.2. The molecular weight excluding hydrogens is 218 g/mol. The first-order chi connectivity index (χ1) is 6.75. The second-order valence-electron chi connectivity index (χ2n) is 3.74. The number of carbonyl (C=O) groups excluding carboxylic acids is 2. The van der Waals surface area contributed by atoms with Crippen LogP contribution in [0.5, 0.6) is 0 Å². The summed E-state index contributed by atoms with van der Waals surface area (Å²) in [7, 11) is 0. The molecule has 0 aromatic heterocycles. The quantitative estimate of drug-likeness (QED) is 0.722. The van der Waals surface area contributed by atoms with E-state index in [2.05, 4.69) is 5.32 Å². The molecule has 0 atom stereocenters. The van der Waals surface area contributed by atoms with Crippen LogP contribution in [0.2, 0.25) is 0 Å². The van der Waals surface area contributed by atoms with E-state index < -0.39 is 17.9 Å². The van der Waals surface area contributed by atoms with Crippen molar-refractivity contribution in [2.45, 2.75) is 20.8 Å². The van der Waals surface area contributed by atoms with Crippen molar-refractivity contribution in [1.29, 1.82) is 0 Å². The summed E-state index contributed by atoms with van der Waals surface area (Å²) in [6, 6.07) is 0. The average Bonchev–Trinajstić information content (AvgIpc) is 2.11. The monoisotopic (exact) mass is 233 g/mol. The van der Waals surface area contributed by atoms with Gasteiger partial charge in [-0.3, -0.25) is 14.4 Å². The molecule has 0 fully saturated rings. The third kappa shape index (κ3) is 6.11. The maximum absolute atomic E-state index is 11.5. The van der Waals surface area contributed by atoms with Gasteiger partial charge in [-0.15, -0.1) is 0 Å². The third-order valence-electron chi connectivity index (χ3n) is 1.65. The fraction of sp³-hybridized carbons (Fsp3) is 0.667. The average molecular weight is 233 g/mol. The molecule has 1 amide bonds. The standard InChI is InChI=1S/C9H15NO4S/c1-6(11)15-5-9(2,3)8(14)10-4-7(12)13/h4-5H2,1-3H3,(H,10,14)(H,12,13). The Labute approximate surface area is 92.6 Å². The minimum absolute atomic E-state index is 0.0610. The maximum Gasteiger partial charge on any atom is 0.322 e. The van der Waals surface area contributed by atoms with Gasteiger partial charge in [0.05, 0.1) is 5.41 Å². The molecule has 0 rings (SSSR count). The van der Waals surface area contributed by atoms with Gasteiger partial charge in [-0.05, 0) is 0 Å². The Balaban J connectivity index is 4.13. The van der Waals surface area contributed by atoms with E-state index in [4.69, 9.17) is 5.11 Å². The van der Waals surface area contributed by atoms with Crippen LogP contribution in [0.3, 0.4) is 0 Å². The van der Waals surface area contributed by atoms with Gasteiger partial charge in [0.1, 0.15) is 6.54 Å². The van der Waals surface area contributed by atoms with Crippen molar-refractivity contribution in [1.82, 2.24) is 5.32 Å². The predicted molar refractivity (Wildman–Crippen MR) is 57.6 cm³/mol. The minimum Gasteiger partial charge on any atom is -0.480 e. The molecule has 0 spiro atoms. The lowest BCUT2D eigenvalue weighted by Gasteiger charge is -2.21. The lowest BCUT2D eigenvalue weighted by atomic mass is 9.95. The van der Waals surface area contributed by atoms with Crippen LogP contribution in [0.4, 0.5) is 0 Å². The van der Waals surface area contributed by atoms with Crippen LogP contribution in [0, 0.1) is 5.41 Å². The maximum atomic E-state index is 11.5. The molecule has 0 aliphatic heterocycles. The highest BCUT2D eigenvalue weighted by Gasteiger charge is 2.28. The van der Waals surface area contributed by atoms with Crippen LogP contribution in [0.1, 0.15) is 20.8 Å². The van der Waals surface area contributed by atoms with Gasteiger partial charge in [0.15, 0.2) is 5.12 Å². The second kappa shape index (κ2) is 5.75. The number of hydrogen-bond acceptors (Lipinski definition) is 4. The van der Waals surface area contributed by atoms with Crippen molar-refractivity contribution in [2.24, 2.45) is 5.41 Å². The SMILES string of the molecule is CC(=O)SCC(C)(C)C(=O)NCC(=O)O. The van der Waals surface area contributed by atoms with Gasteiger partial charge in [0, 0.05) is 12.7 Å². The van der Waals surface area contributed by atoms with Gasteiger partial charge in [0.25, 0.3) is 0 Å². The van der Waals surface area contributed by atoms with E-state index in [9.17, 15) is 14.4 Å². The summed E-state index contributed by atoms with van der Waals surface area (Å²) in [5.41, 5.74) is -0.744. The summed E-state index contributed by atoms with van der Waals surface area (Å²) >= 11 is 1.05. The largest absolute Gasteiger partial charge is 0.480 e. The van der Waals surface area contributed by atoms with E-state index in [0.717, 1.165) is 11.8 Å². The van der Waals surface area contributed by atoms with E-state index in [1.807, 2.05) is 0 Å². The first-order valence-corrected chi connectivity index (χ1v) is 5.38. The Kier molecular flexibility index (Phi) is 5.35. The van der Waals surface area contributed by atoms with E-state index in [0.29, 0.717) is 5.75 Å². The molecule has 0 saturated heterocycles. The number of thioether (sulfide) groups is 1. The van der Waals surface area contributed by atoms with Gasteiger partial charge in [-0.25, -0.2) is 0 Å². The number of nitrogens with one attached hydrogen (secondary N) is 1. The molecule has 5 nitrogen and oxygen atoms in total. The van der Waals surface area contributed by atoms with Crippen LogP contribution >= 0.6 is 11.8 Å². The number of rotatable bonds is 5. The zero-order valence-electron chi connectivity index (χ0n) is 8.99.